The molecule has 0 radical (unpaired) electrons. The highest BCUT2D eigenvalue weighted by Gasteiger charge is 2.24. The number of sulfonamides is 1. The predicted molar refractivity (Wildman–Crippen MR) is 82.4 cm³/mol. The minimum absolute atomic E-state index is 0.0387. The third-order valence-electron chi connectivity index (χ3n) is 3.61. The molecule has 0 spiro atoms. The highest BCUT2D eigenvalue weighted by molar-refractivity contribution is 7.89. The molecule has 0 N–H and O–H groups in total. The van der Waals surface area contributed by atoms with E-state index in [-0.39, 0.29) is 11.4 Å². The maximum Gasteiger partial charge on any atom is 0.243 e. The zero-order chi connectivity index (χ0) is 17.3. The monoisotopic (exact) mass is 355 g/mol. The van der Waals surface area contributed by atoms with E-state index in [0.29, 0.717) is 30.3 Å². The number of nitrogens with zero attached hydrogens (tertiary/aromatic N) is 1. The van der Waals surface area contributed by atoms with Crippen LogP contribution in [0.25, 0.3) is 0 Å². The third kappa shape index (κ3) is 3.20. The van der Waals surface area contributed by atoms with Crippen LogP contribution in [0.2, 0.25) is 0 Å². The molecular formula is C16H15F2NO4S. The van der Waals surface area contributed by atoms with Crippen molar-refractivity contribution in [2.24, 2.45) is 0 Å². The third-order valence-corrected chi connectivity index (χ3v) is 5.41. The summed E-state index contributed by atoms with van der Waals surface area (Å²) in [6.07, 6.45) is 0. The van der Waals surface area contributed by atoms with Crippen LogP contribution in [0.15, 0.2) is 41.3 Å². The number of hydrogen-bond donors (Lipinski definition) is 0. The Kier molecular flexibility index (Phi) is 4.42. The lowest BCUT2D eigenvalue weighted by atomic mass is 10.2. The van der Waals surface area contributed by atoms with Crippen molar-refractivity contribution in [1.82, 2.24) is 4.31 Å². The zero-order valence-corrected chi connectivity index (χ0v) is 13.6. The fourth-order valence-corrected chi connectivity index (χ4v) is 3.52. The molecule has 0 aromatic heterocycles. The van der Waals surface area contributed by atoms with Crippen molar-refractivity contribution < 1.29 is 26.7 Å². The van der Waals surface area contributed by atoms with Gasteiger partial charge in [-0.05, 0) is 29.8 Å². The Labute approximate surface area is 138 Å². The molecule has 0 amide bonds. The van der Waals surface area contributed by atoms with E-state index >= 15 is 0 Å². The maximum absolute atomic E-state index is 13.3. The summed E-state index contributed by atoms with van der Waals surface area (Å²) >= 11 is 0. The molecule has 0 fully saturated rings. The number of benzene rings is 2. The Hall–Kier alpha value is -2.19. The lowest BCUT2D eigenvalue weighted by molar-refractivity contribution is 0.171. The van der Waals surface area contributed by atoms with E-state index in [4.69, 9.17) is 9.47 Å². The smallest absolute Gasteiger partial charge is 0.243 e. The lowest BCUT2D eigenvalue weighted by Gasteiger charge is -2.21. The van der Waals surface area contributed by atoms with Gasteiger partial charge in [0.25, 0.3) is 0 Å². The van der Waals surface area contributed by atoms with Crippen molar-refractivity contribution in [1.29, 1.82) is 0 Å². The molecule has 8 heteroatoms. The van der Waals surface area contributed by atoms with Crippen molar-refractivity contribution in [3.63, 3.8) is 0 Å². The maximum atomic E-state index is 13.3. The molecule has 1 aliphatic heterocycles. The summed E-state index contributed by atoms with van der Waals surface area (Å²) in [6, 6.07) is 7.64. The summed E-state index contributed by atoms with van der Waals surface area (Å²) in [5.41, 5.74) is 0.345. The van der Waals surface area contributed by atoms with E-state index in [2.05, 4.69) is 0 Å². The van der Waals surface area contributed by atoms with Crippen molar-refractivity contribution >= 4 is 10.0 Å². The number of fused-ring (bicyclic) bond motifs is 1. The minimum atomic E-state index is -3.81. The zero-order valence-electron chi connectivity index (χ0n) is 12.8. The van der Waals surface area contributed by atoms with E-state index in [0.717, 1.165) is 16.4 Å². The van der Waals surface area contributed by atoms with Gasteiger partial charge in [0.05, 0.1) is 4.90 Å². The molecule has 1 heterocycles. The molecule has 128 valence electrons. The minimum Gasteiger partial charge on any atom is -0.486 e. The topological polar surface area (TPSA) is 55.8 Å². The van der Waals surface area contributed by atoms with Gasteiger partial charge in [-0.25, -0.2) is 17.2 Å². The highest BCUT2D eigenvalue weighted by atomic mass is 32.2. The molecule has 5 nitrogen and oxygen atoms in total. The highest BCUT2D eigenvalue weighted by Crippen LogP contribution is 2.33. The second kappa shape index (κ2) is 6.37. The van der Waals surface area contributed by atoms with Crippen molar-refractivity contribution in [3.8, 4) is 11.5 Å². The largest absolute Gasteiger partial charge is 0.486 e. The Morgan fingerprint density at radius 3 is 2.42 bits per heavy atom. The first-order chi connectivity index (χ1) is 11.4. The molecule has 0 saturated carbocycles. The summed E-state index contributed by atoms with van der Waals surface area (Å²) < 4.78 is 63.3. The second-order valence-corrected chi connectivity index (χ2v) is 7.36. The van der Waals surface area contributed by atoms with Gasteiger partial charge in [0.15, 0.2) is 23.1 Å². The Morgan fingerprint density at radius 1 is 1.00 bits per heavy atom. The first-order valence-electron chi connectivity index (χ1n) is 7.18. The van der Waals surface area contributed by atoms with Crippen LogP contribution in [0.1, 0.15) is 5.56 Å². The van der Waals surface area contributed by atoms with Crippen molar-refractivity contribution in [3.05, 3.63) is 53.6 Å². The standard InChI is InChI=1S/C16H15F2NO4S/c1-19(10-11-2-4-13(17)14(18)8-11)24(20,21)12-3-5-15-16(9-12)23-7-6-22-15/h2-5,8-9H,6-7,10H2,1H3. The van der Waals surface area contributed by atoms with Crippen LogP contribution in [0.5, 0.6) is 11.5 Å². The van der Waals surface area contributed by atoms with Crippen LogP contribution >= 0.6 is 0 Å². The first kappa shape index (κ1) is 16.7. The van der Waals surface area contributed by atoms with E-state index < -0.39 is 21.7 Å². The van der Waals surface area contributed by atoms with Crippen LogP contribution in [-0.2, 0) is 16.6 Å². The van der Waals surface area contributed by atoms with Crippen LogP contribution in [0.3, 0.4) is 0 Å². The number of rotatable bonds is 4. The fourth-order valence-electron chi connectivity index (χ4n) is 2.34. The molecule has 24 heavy (non-hydrogen) atoms. The van der Waals surface area contributed by atoms with Gasteiger partial charge in [0.2, 0.25) is 10.0 Å². The molecule has 3 rings (SSSR count). The van der Waals surface area contributed by atoms with Crippen molar-refractivity contribution in [2.45, 2.75) is 11.4 Å². The summed E-state index contributed by atoms with van der Waals surface area (Å²) in [6.45, 7) is 0.671. The van der Waals surface area contributed by atoms with Gasteiger partial charge in [-0.15, -0.1) is 0 Å². The summed E-state index contributed by atoms with van der Waals surface area (Å²) in [5.74, 6) is -1.14. The summed E-state index contributed by atoms with van der Waals surface area (Å²) in [4.78, 5) is 0.0387. The van der Waals surface area contributed by atoms with Gasteiger partial charge in [0.1, 0.15) is 13.2 Å². The Balaban J connectivity index is 1.85. The van der Waals surface area contributed by atoms with Gasteiger partial charge in [0, 0.05) is 19.7 Å². The number of ether oxygens (including phenoxy) is 2. The van der Waals surface area contributed by atoms with Gasteiger partial charge < -0.3 is 9.47 Å². The molecule has 0 aliphatic carbocycles. The van der Waals surface area contributed by atoms with E-state index in [1.165, 1.54) is 31.3 Å². The van der Waals surface area contributed by atoms with E-state index in [1.807, 2.05) is 0 Å². The average Bonchev–Trinajstić information content (AvgIpc) is 2.57. The van der Waals surface area contributed by atoms with E-state index in [1.54, 1.807) is 0 Å². The summed E-state index contributed by atoms with van der Waals surface area (Å²) in [7, 11) is -2.44. The van der Waals surface area contributed by atoms with Crippen LogP contribution in [-0.4, -0.2) is 33.0 Å². The van der Waals surface area contributed by atoms with Gasteiger partial charge in [-0.2, -0.15) is 4.31 Å². The number of halogens is 2. The molecule has 0 atom stereocenters. The number of hydrogen-bond acceptors (Lipinski definition) is 4. The average molecular weight is 355 g/mol. The lowest BCUT2D eigenvalue weighted by Crippen LogP contribution is -2.27. The fraction of sp³-hybridized carbons (Fsp3) is 0.250. The molecule has 2 aromatic carbocycles. The van der Waals surface area contributed by atoms with E-state index in [9.17, 15) is 17.2 Å². The van der Waals surface area contributed by atoms with Crippen LogP contribution in [0.4, 0.5) is 8.78 Å². The first-order valence-corrected chi connectivity index (χ1v) is 8.62. The molecule has 0 bridgehead atoms. The Bertz CT molecular complexity index is 870. The Morgan fingerprint density at radius 2 is 1.71 bits per heavy atom. The molecule has 0 saturated heterocycles. The van der Waals surface area contributed by atoms with Crippen LogP contribution < -0.4 is 9.47 Å². The quantitative estimate of drug-likeness (QED) is 0.846. The van der Waals surface area contributed by atoms with Gasteiger partial charge >= 0.3 is 0 Å². The molecule has 0 unspecified atom stereocenters. The molecule has 2 aromatic rings. The molecule has 1 aliphatic rings. The normalized spacial score (nSPS) is 14.0. The van der Waals surface area contributed by atoms with Crippen LogP contribution in [0, 0.1) is 11.6 Å². The van der Waals surface area contributed by atoms with Gasteiger partial charge in [-0.3, -0.25) is 0 Å². The van der Waals surface area contributed by atoms with Crippen molar-refractivity contribution in [2.75, 3.05) is 20.3 Å². The summed E-state index contributed by atoms with van der Waals surface area (Å²) in [5, 5.41) is 0. The molecular weight excluding hydrogens is 340 g/mol. The predicted octanol–water partition coefficient (Wildman–Crippen LogP) is 2.56. The SMILES string of the molecule is CN(Cc1ccc(F)c(F)c1)S(=O)(=O)c1ccc2c(c1)OCCO2. The van der Waals surface area contributed by atoms with Gasteiger partial charge in [-0.1, -0.05) is 6.07 Å². The second-order valence-electron chi connectivity index (χ2n) is 5.32.